The lowest BCUT2D eigenvalue weighted by atomic mass is 10.1. The molecular weight excluding hydrogens is 582 g/mol. The van der Waals surface area contributed by atoms with Gasteiger partial charge in [0.25, 0.3) is 15.9 Å². The Morgan fingerprint density at radius 2 is 1.67 bits per heavy atom. The average molecular weight is 614 g/mol. The molecule has 0 bridgehead atoms. The summed E-state index contributed by atoms with van der Waals surface area (Å²) in [6, 6.07) is 17.4. The first-order chi connectivity index (χ1) is 19.7. The summed E-state index contributed by atoms with van der Waals surface area (Å²) in [5.74, 6) is -1.11. The molecule has 3 aromatic carbocycles. The molecular formula is C30H32ClN3O7S. The Labute approximate surface area is 250 Å². The van der Waals surface area contributed by atoms with Crippen LogP contribution in [0.15, 0.2) is 71.6 Å². The number of hydrazine groups is 1. The van der Waals surface area contributed by atoms with E-state index in [4.69, 9.17) is 21.1 Å². The highest BCUT2D eigenvalue weighted by Gasteiger charge is 2.35. The number of rotatable bonds is 7. The summed E-state index contributed by atoms with van der Waals surface area (Å²) in [4.78, 5) is 37.9. The highest BCUT2D eigenvalue weighted by atomic mass is 35.5. The Hall–Kier alpha value is -4.09. The van der Waals surface area contributed by atoms with Crippen LogP contribution in [0, 0.1) is 0 Å². The van der Waals surface area contributed by atoms with Gasteiger partial charge < -0.3 is 9.47 Å². The maximum atomic E-state index is 14.0. The van der Waals surface area contributed by atoms with Gasteiger partial charge in [0.05, 0.1) is 36.0 Å². The fourth-order valence-electron chi connectivity index (χ4n) is 4.46. The predicted octanol–water partition coefficient (Wildman–Crippen LogP) is 5.35. The molecule has 1 atom stereocenters. The number of amides is 2. The van der Waals surface area contributed by atoms with Gasteiger partial charge in [0.2, 0.25) is 0 Å². The van der Waals surface area contributed by atoms with Gasteiger partial charge in [-0.05, 0) is 81.6 Å². The van der Waals surface area contributed by atoms with Gasteiger partial charge in [0.1, 0.15) is 10.5 Å². The molecule has 0 fully saturated rings. The number of anilines is 1. The number of hydrogen-bond donors (Lipinski definition) is 1. The van der Waals surface area contributed by atoms with Crippen molar-refractivity contribution in [1.82, 2.24) is 9.73 Å². The minimum atomic E-state index is -4.63. The number of carbonyl (C=O) groups excluding carboxylic acids is 3. The molecule has 1 heterocycles. The predicted molar refractivity (Wildman–Crippen MR) is 158 cm³/mol. The number of nitrogens with one attached hydrogen (secondary N) is 1. The summed E-state index contributed by atoms with van der Waals surface area (Å²) in [5.41, 5.74) is 4.46. The van der Waals surface area contributed by atoms with Crippen LogP contribution in [0.5, 0.6) is 0 Å². The summed E-state index contributed by atoms with van der Waals surface area (Å²) in [6.07, 6.45) is -0.393. The number of sulfonamides is 1. The van der Waals surface area contributed by atoms with Crippen LogP contribution in [0.25, 0.3) is 0 Å². The molecule has 42 heavy (non-hydrogen) atoms. The SMILES string of the molecule is COC(=O)c1ccc(CN(C(=O)OC(C)(C)C)S(=O)(=O)c2cc(C(=O)NN3c4ccccc4CC3C)ccc2Cl)cc1. The minimum Gasteiger partial charge on any atom is -0.465 e. The van der Waals surface area contributed by atoms with Gasteiger partial charge in [0.15, 0.2) is 0 Å². The first-order valence-corrected chi connectivity index (χ1v) is 14.9. The molecule has 0 saturated carbocycles. The van der Waals surface area contributed by atoms with E-state index in [0.29, 0.717) is 9.87 Å². The molecule has 3 aromatic rings. The molecule has 1 aliphatic rings. The molecule has 1 unspecified atom stereocenters. The molecule has 0 radical (unpaired) electrons. The second-order valence-corrected chi connectivity index (χ2v) is 13.1. The largest absolute Gasteiger partial charge is 0.465 e. The quantitative estimate of drug-likeness (QED) is 0.354. The maximum absolute atomic E-state index is 14.0. The van der Waals surface area contributed by atoms with Crippen molar-refractivity contribution in [1.29, 1.82) is 0 Å². The summed E-state index contributed by atoms with van der Waals surface area (Å²) in [7, 11) is -3.39. The molecule has 2 amide bonds. The summed E-state index contributed by atoms with van der Waals surface area (Å²) >= 11 is 6.35. The number of halogens is 1. The zero-order valence-electron chi connectivity index (χ0n) is 23.9. The van der Waals surface area contributed by atoms with Gasteiger partial charge in [0, 0.05) is 5.56 Å². The number of ether oxygens (including phenoxy) is 2. The third-order valence-electron chi connectivity index (χ3n) is 6.49. The molecule has 10 nitrogen and oxygen atoms in total. The van der Waals surface area contributed by atoms with E-state index >= 15 is 0 Å². The first kappa shape index (κ1) is 30.9. The van der Waals surface area contributed by atoms with E-state index < -0.39 is 45.0 Å². The van der Waals surface area contributed by atoms with Crippen molar-refractivity contribution < 1.29 is 32.3 Å². The van der Waals surface area contributed by atoms with Crippen molar-refractivity contribution in [3.8, 4) is 0 Å². The number of fused-ring (bicyclic) bond motifs is 1. The van der Waals surface area contributed by atoms with Crippen LogP contribution in [0.1, 0.15) is 59.5 Å². The lowest BCUT2D eigenvalue weighted by molar-refractivity contribution is 0.0380. The average Bonchev–Trinajstić information content (AvgIpc) is 3.25. The Bertz CT molecular complexity index is 1620. The van der Waals surface area contributed by atoms with Gasteiger partial charge in [-0.25, -0.2) is 18.0 Å². The highest BCUT2D eigenvalue weighted by Crippen LogP contribution is 2.31. The number of nitrogens with zero attached hydrogens (tertiary/aromatic N) is 2. The standard InChI is InChI=1S/C30H32ClN3O7S/c1-19-16-22-8-6-7-9-25(22)34(19)32-27(35)23-14-15-24(31)26(17-23)42(38,39)33(29(37)41-30(2,3)4)18-20-10-12-21(13-11-20)28(36)40-5/h6-15,17,19H,16,18H2,1-5H3,(H,32,35). The van der Waals surface area contributed by atoms with Crippen molar-refractivity contribution in [2.45, 2.75) is 57.2 Å². The van der Waals surface area contributed by atoms with Gasteiger partial charge in [-0.3, -0.25) is 15.2 Å². The number of methoxy groups -OCH3 is 1. The summed E-state index contributed by atoms with van der Waals surface area (Å²) in [5, 5.41) is 1.56. The van der Waals surface area contributed by atoms with E-state index in [2.05, 4.69) is 5.43 Å². The number of hydrogen-bond acceptors (Lipinski definition) is 8. The van der Waals surface area contributed by atoms with Crippen LogP contribution >= 0.6 is 11.6 Å². The molecule has 1 aliphatic heterocycles. The summed E-state index contributed by atoms with van der Waals surface area (Å²) < 4.78 is 38.6. The zero-order chi connectivity index (χ0) is 30.8. The molecule has 12 heteroatoms. The van der Waals surface area contributed by atoms with Gasteiger partial charge in [-0.15, -0.1) is 0 Å². The fraction of sp³-hybridized carbons (Fsp3) is 0.300. The molecule has 4 rings (SSSR count). The second kappa shape index (κ2) is 12.0. The van der Waals surface area contributed by atoms with Crippen LogP contribution in [0.2, 0.25) is 5.02 Å². The van der Waals surface area contributed by atoms with Crippen molar-refractivity contribution >= 4 is 45.3 Å². The Balaban J connectivity index is 1.67. The topological polar surface area (TPSA) is 122 Å². The number of para-hydroxylation sites is 1. The van der Waals surface area contributed by atoms with E-state index in [-0.39, 0.29) is 22.2 Å². The van der Waals surface area contributed by atoms with Crippen LogP contribution in [-0.4, -0.2) is 49.4 Å². The van der Waals surface area contributed by atoms with Crippen molar-refractivity contribution in [3.05, 3.63) is 94.0 Å². The second-order valence-electron chi connectivity index (χ2n) is 10.8. The lowest BCUT2D eigenvalue weighted by Crippen LogP contribution is -2.45. The van der Waals surface area contributed by atoms with Gasteiger partial charge in [-0.2, -0.15) is 4.31 Å². The maximum Gasteiger partial charge on any atom is 0.424 e. The number of esters is 1. The van der Waals surface area contributed by atoms with Gasteiger partial charge >= 0.3 is 12.1 Å². The van der Waals surface area contributed by atoms with Crippen molar-refractivity contribution in [2.75, 3.05) is 12.1 Å². The van der Waals surface area contributed by atoms with E-state index in [1.807, 2.05) is 31.2 Å². The Kier molecular flexibility index (Phi) is 8.84. The molecule has 0 aromatic heterocycles. The Morgan fingerprint density at radius 1 is 1.02 bits per heavy atom. The third-order valence-corrected chi connectivity index (χ3v) is 8.68. The number of carbonyl (C=O) groups is 3. The van der Waals surface area contributed by atoms with Crippen LogP contribution in [0.4, 0.5) is 10.5 Å². The monoisotopic (exact) mass is 613 g/mol. The van der Waals surface area contributed by atoms with E-state index in [1.54, 1.807) is 25.8 Å². The first-order valence-electron chi connectivity index (χ1n) is 13.1. The normalized spacial score (nSPS) is 14.6. The minimum absolute atomic E-state index is 0.0184. The van der Waals surface area contributed by atoms with E-state index in [9.17, 15) is 22.8 Å². The molecule has 222 valence electrons. The summed E-state index contributed by atoms with van der Waals surface area (Å²) in [6.45, 7) is 6.37. The molecule has 0 aliphatic carbocycles. The van der Waals surface area contributed by atoms with Crippen LogP contribution in [0.3, 0.4) is 0 Å². The smallest absolute Gasteiger partial charge is 0.424 e. The molecule has 0 saturated heterocycles. The van der Waals surface area contributed by atoms with Crippen molar-refractivity contribution in [3.63, 3.8) is 0 Å². The fourth-order valence-corrected chi connectivity index (χ4v) is 6.25. The van der Waals surface area contributed by atoms with E-state index in [1.165, 1.54) is 43.5 Å². The third kappa shape index (κ3) is 6.69. The lowest BCUT2D eigenvalue weighted by Gasteiger charge is -2.28. The van der Waals surface area contributed by atoms with Crippen LogP contribution < -0.4 is 10.4 Å². The van der Waals surface area contributed by atoms with Crippen LogP contribution in [-0.2, 0) is 32.5 Å². The molecule has 0 spiro atoms. The van der Waals surface area contributed by atoms with E-state index in [0.717, 1.165) is 23.7 Å². The number of benzene rings is 3. The Morgan fingerprint density at radius 3 is 2.31 bits per heavy atom. The van der Waals surface area contributed by atoms with Gasteiger partial charge in [-0.1, -0.05) is 41.9 Å². The highest BCUT2D eigenvalue weighted by molar-refractivity contribution is 7.89. The van der Waals surface area contributed by atoms with Crippen molar-refractivity contribution in [2.24, 2.45) is 0 Å². The zero-order valence-corrected chi connectivity index (χ0v) is 25.5. The molecule has 1 N–H and O–H groups in total.